The van der Waals surface area contributed by atoms with Gasteiger partial charge in [0.2, 0.25) is 0 Å². The topological polar surface area (TPSA) is 111 Å². The lowest BCUT2D eigenvalue weighted by Crippen LogP contribution is -2.37. The average Bonchev–Trinajstić information content (AvgIpc) is 3.61. The first-order valence-corrected chi connectivity index (χ1v) is 36.8. The van der Waals surface area contributed by atoms with Crippen molar-refractivity contribution in [3.05, 3.63) is 85.1 Å². The van der Waals surface area contributed by atoms with Crippen molar-refractivity contribution < 1.29 is 42.1 Å². The Hall–Kier alpha value is -2.81. The number of allylic oxidation sites excluding steroid dienone is 14. The maximum absolute atomic E-state index is 12.9. The van der Waals surface area contributed by atoms with Crippen LogP contribution in [0.2, 0.25) is 0 Å². The molecule has 0 spiro atoms. The van der Waals surface area contributed by atoms with Gasteiger partial charge in [-0.2, -0.15) is 0 Å². The first kappa shape index (κ1) is 81.2. The third-order valence-electron chi connectivity index (χ3n) is 15.4. The number of ether oxygens (including phenoxy) is 2. The molecule has 0 aromatic heterocycles. The van der Waals surface area contributed by atoms with Crippen LogP contribution in [0.25, 0.3) is 0 Å². The molecule has 9 nitrogen and oxygen atoms in total. The van der Waals surface area contributed by atoms with E-state index < -0.39 is 26.5 Å². The Labute approximate surface area is 520 Å². The van der Waals surface area contributed by atoms with Crippen molar-refractivity contribution >= 4 is 19.8 Å². The molecule has 10 heteroatoms. The normalized spacial score (nSPS) is 13.6. The van der Waals surface area contributed by atoms with Crippen molar-refractivity contribution in [1.29, 1.82) is 0 Å². The molecule has 0 amide bonds. The summed E-state index contributed by atoms with van der Waals surface area (Å²) >= 11 is 0. The monoisotopic (exact) mass is 1200 g/mol. The fraction of sp³-hybridized carbons (Fsp3) is 0.784. The van der Waals surface area contributed by atoms with Gasteiger partial charge in [-0.1, -0.05) is 324 Å². The minimum atomic E-state index is -4.64. The summed E-state index contributed by atoms with van der Waals surface area (Å²) in [7, 11) is 1.17. The average molecular weight is 1200 g/mol. The number of hydrogen-bond donors (Lipinski definition) is 0. The molecule has 84 heavy (non-hydrogen) atoms. The molecule has 488 valence electrons. The summed E-state index contributed by atoms with van der Waals surface area (Å²) in [4.78, 5) is 38.1. The highest BCUT2D eigenvalue weighted by Crippen LogP contribution is 2.38. The molecule has 0 aromatic carbocycles. The summed E-state index contributed by atoms with van der Waals surface area (Å²) in [5, 5.41) is 0. The maximum atomic E-state index is 12.9. The fourth-order valence-electron chi connectivity index (χ4n) is 10.1. The van der Waals surface area contributed by atoms with Crippen LogP contribution in [0.4, 0.5) is 0 Å². The van der Waals surface area contributed by atoms with E-state index in [1.807, 2.05) is 21.1 Å². The summed E-state index contributed by atoms with van der Waals surface area (Å²) in [6.07, 6.45) is 88.0. The molecule has 2 unspecified atom stereocenters. The van der Waals surface area contributed by atoms with Crippen molar-refractivity contribution in [2.24, 2.45) is 0 Å². The van der Waals surface area contributed by atoms with Crippen molar-refractivity contribution in [2.75, 3.05) is 47.5 Å². The highest BCUT2D eigenvalue weighted by atomic mass is 31.2. The number of unbranched alkanes of at least 4 members (excludes halogenated alkanes) is 37. The number of hydrogen-bond acceptors (Lipinski definition) is 8. The molecule has 0 fully saturated rings. The van der Waals surface area contributed by atoms with Crippen LogP contribution in [0.3, 0.4) is 0 Å². The predicted octanol–water partition coefficient (Wildman–Crippen LogP) is 22.3. The van der Waals surface area contributed by atoms with E-state index in [2.05, 4.69) is 98.9 Å². The number of likely N-dealkylation sites (N-methyl/N-ethyl adjacent to an activating group) is 1. The summed E-state index contributed by atoms with van der Waals surface area (Å²) in [5.41, 5.74) is 0. The van der Waals surface area contributed by atoms with Crippen LogP contribution in [0.1, 0.15) is 322 Å². The van der Waals surface area contributed by atoms with Gasteiger partial charge in [0.05, 0.1) is 27.7 Å². The molecule has 0 N–H and O–H groups in total. The largest absolute Gasteiger partial charge is 0.756 e. The second-order valence-electron chi connectivity index (χ2n) is 24.9. The number of carbonyl (C=O) groups excluding carboxylic acids is 2. The first-order valence-electron chi connectivity index (χ1n) is 35.3. The van der Waals surface area contributed by atoms with E-state index in [4.69, 9.17) is 18.5 Å². The molecule has 0 saturated heterocycles. The molecule has 0 aromatic rings. The highest BCUT2D eigenvalue weighted by Gasteiger charge is 2.22. The standard InChI is InChI=1S/C74H134NO8P/c1-6-8-10-12-14-16-18-20-22-24-26-28-30-32-33-34-35-36-37-38-39-40-41-43-45-47-49-51-53-55-57-59-61-63-65-67-74(77)83-72(71-82-84(78,79)81-69-68-75(3,4)5)70-80-73(76)66-64-62-60-58-56-54-52-50-48-46-44-42-31-29-27-25-23-21-19-17-15-13-11-9-7-2/h8,10,14,16,20,22,26,28,32-33,35-36,38-39,72H,6-7,9,11-13,15,17-19,21,23-25,27,29-31,34,37,40-71H2,1-5H3/b10-8-,16-14-,22-20-,28-26-,33-32-,36-35-,39-38-. The third kappa shape index (κ3) is 68.3. The van der Waals surface area contributed by atoms with Gasteiger partial charge in [0.25, 0.3) is 7.82 Å². The zero-order chi connectivity index (χ0) is 61.2. The Bertz CT molecular complexity index is 1690. The number of esters is 2. The molecule has 0 aliphatic heterocycles. The van der Waals surface area contributed by atoms with Crippen LogP contribution >= 0.6 is 7.82 Å². The van der Waals surface area contributed by atoms with Crippen molar-refractivity contribution in [1.82, 2.24) is 0 Å². The van der Waals surface area contributed by atoms with Crippen molar-refractivity contribution in [3.8, 4) is 0 Å². The predicted molar refractivity (Wildman–Crippen MR) is 360 cm³/mol. The lowest BCUT2D eigenvalue weighted by molar-refractivity contribution is -0.870. The molecular weight excluding hydrogens is 1060 g/mol. The molecule has 0 saturated carbocycles. The summed E-state index contributed by atoms with van der Waals surface area (Å²) in [6.45, 7) is 4.17. The molecule has 0 aliphatic carbocycles. The van der Waals surface area contributed by atoms with Gasteiger partial charge in [-0.15, -0.1) is 0 Å². The molecule has 0 radical (unpaired) electrons. The zero-order valence-corrected chi connectivity index (χ0v) is 56.5. The molecule has 0 rings (SSSR count). The summed E-state index contributed by atoms with van der Waals surface area (Å²) in [5.74, 6) is -0.822. The van der Waals surface area contributed by atoms with Crippen LogP contribution in [-0.4, -0.2) is 70.0 Å². The van der Waals surface area contributed by atoms with Crippen LogP contribution in [0.5, 0.6) is 0 Å². The van der Waals surface area contributed by atoms with E-state index in [1.165, 1.54) is 205 Å². The number of phosphoric acid groups is 1. The highest BCUT2D eigenvalue weighted by molar-refractivity contribution is 7.45. The second-order valence-corrected chi connectivity index (χ2v) is 26.3. The van der Waals surface area contributed by atoms with Gasteiger partial charge in [-0.3, -0.25) is 14.2 Å². The second kappa shape index (κ2) is 64.7. The molecule has 2 atom stereocenters. The van der Waals surface area contributed by atoms with Gasteiger partial charge < -0.3 is 27.9 Å². The van der Waals surface area contributed by atoms with E-state index in [-0.39, 0.29) is 32.0 Å². The lowest BCUT2D eigenvalue weighted by Gasteiger charge is -2.28. The van der Waals surface area contributed by atoms with E-state index in [0.717, 1.165) is 83.5 Å². The number of quaternary nitrogens is 1. The lowest BCUT2D eigenvalue weighted by atomic mass is 10.0. The third-order valence-corrected chi connectivity index (χ3v) is 16.4. The number of phosphoric ester groups is 1. The van der Waals surface area contributed by atoms with E-state index in [9.17, 15) is 19.0 Å². The Kier molecular flexibility index (Phi) is 62.5. The number of nitrogens with zero attached hydrogens (tertiary/aromatic N) is 1. The number of carbonyl (C=O) groups is 2. The molecule has 0 aliphatic rings. The Morgan fingerprint density at radius 3 is 1.01 bits per heavy atom. The minimum Gasteiger partial charge on any atom is -0.756 e. The Morgan fingerprint density at radius 1 is 0.381 bits per heavy atom. The molecule has 0 heterocycles. The Morgan fingerprint density at radius 2 is 0.679 bits per heavy atom. The van der Waals surface area contributed by atoms with Crippen LogP contribution in [0.15, 0.2) is 85.1 Å². The number of rotatable bonds is 65. The van der Waals surface area contributed by atoms with Crippen molar-refractivity contribution in [2.45, 2.75) is 328 Å². The van der Waals surface area contributed by atoms with Gasteiger partial charge in [0, 0.05) is 12.8 Å². The first-order chi connectivity index (χ1) is 41.0. The Balaban J connectivity index is 4.04. The van der Waals surface area contributed by atoms with E-state index in [1.54, 1.807) is 0 Å². The summed E-state index contributed by atoms with van der Waals surface area (Å²) in [6, 6.07) is 0. The van der Waals surface area contributed by atoms with Crippen molar-refractivity contribution in [3.63, 3.8) is 0 Å². The smallest absolute Gasteiger partial charge is 0.306 e. The van der Waals surface area contributed by atoms with Gasteiger partial charge in [0.1, 0.15) is 19.8 Å². The fourth-order valence-corrected chi connectivity index (χ4v) is 10.8. The zero-order valence-electron chi connectivity index (χ0n) is 55.6. The van der Waals surface area contributed by atoms with E-state index >= 15 is 0 Å². The van der Waals surface area contributed by atoms with Gasteiger partial charge in [-0.25, -0.2) is 0 Å². The van der Waals surface area contributed by atoms with Gasteiger partial charge >= 0.3 is 11.9 Å². The van der Waals surface area contributed by atoms with Crippen LogP contribution in [-0.2, 0) is 32.7 Å². The van der Waals surface area contributed by atoms with Gasteiger partial charge in [0.15, 0.2) is 6.10 Å². The minimum absolute atomic E-state index is 0.0316. The van der Waals surface area contributed by atoms with Crippen LogP contribution < -0.4 is 4.89 Å². The molecule has 0 bridgehead atoms. The summed E-state index contributed by atoms with van der Waals surface area (Å²) < 4.78 is 34.3. The van der Waals surface area contributed by atoms with Crippen LogP contribution in [0, 0.1) is 0 Å². The quantitative estimate of drug-likeness (QED) is 0.0195. The SMILES string of the molecule is CC/C=C\C/C=C\C/C=C\C/C=C\C/C=C\C/C=C\C/C=C\CCCCCCCCCCCCCCCC(=O)OC(COC(=O)CCCCCCCCCCCCCCCCCCCCCCCCCCC)COP(=O)([O-])OCC[N+](C)(C)C. The van der Waals surface area contributed by atoms with E-state index in [0.29, 0.717) is 17.4 Å². The molecular formula is C74H134NO8P. The maximum Gasteiger partial charge on any atom is 0.306 e. The van der Waals surface area contributed by atoms with Gasteiger partial charge in [-0.05, 0) is 70.6 Å².